The number of benzene rings is 4. The number of nitrogens with one attached hydrogen (secondary N) is 1. The Labute approximate surface area is 173 Å². The van der Waals surface area contributed by atoms with Crippen molar-refractivity contribution in [3.8, 4) is 11.1 Å². The lowest BCUT2D eigenvalue weighted by molar-refractivity contribution is 0.602. The Morgan fingerprint density at radius 1 is 0.724 bits per heavy atom. The van der Waals surface area contributed by atoms with Gasteiger partial charge in [0, 0.05) is 11.1 Å². The van der Waals surface area contributed by atoms with Crippen LogP contribution in [0.15, 0.2) is 84.9 Å². The molecule has 0 aliphatic heterocycles. The highest BCUT2D eigenvalue weighted by Gasteiger charge is 2.37. The van der Waals surface area contributed by atoms with E-state index in [0.29, 0.717) is 0 Å². The van der Waals surface area contributed by atoms with E-state index in [-0.39, 0.29) is 11.0 Å². The summed E-state index contributed by atoms with van der Waals surface area (Å²) in [5.74, 6) is 0. The Morgan fingerprint density at radius 2 is 1.41 bits per heavy atom. The maximum atomic E-state index is 3.70. The summed E-state index contributed by atoms with van der Waals surface area (Å²) >= 11 is 0. The third-order valence-electron chi connectivity index (χ3n) is 6.49. The fourth-order valence-corrected chi connectivity index (χ4v) is 4.94. The van der Waals surface area contributed by atoms with Crippen molar-refractivity contribution in [1.82, 2.24) is 0 Å². The monoisotopic (exact) mass is 377 g/mol. The van der Waals surface area contributed by atoms with Crippen LogP contribution >= 0.6 is 0 Å². The van der Waals surface area contributed by atoms with E-state index in [0.717, 1.165) is 5.69 Å². The van der Waals surface area contributed by atoms with Gasteiger partial charge in [0.1, 0.15) is 0 Å². The Kier molecular flexibility index (Phi) is 3.86. The van der Waals surface area contributed by atoms with Crippen LogP contribution in [0, 0.1) is 0 Å². The standard InChI is InChI=1S/C28H27N/c1-27(2)25-18-20(28(3,4)29-21-11-6-5-7-12-21)15-17-23(25)24-16-14-19-10-8-9-13-22(19)26(24)27/h5-18,29H,1-4H3. The van der Waals surface area contributed by atoms with Crippen molar-refractivity contribution in [2.45, 2.75) is 38.6 Å². The van der Waals surface area contributed by atoms with E-state index in [1.54, 1.807) is 0 Å². The molecule has 0 saturated carbocycles. The van der Waals surface area contributed by atoms with E-state index in [9.17, 15) is 0 Å². The zero-order chi connectivity index (χ0) is 20.2. The van der Waals surface area contributed by atoms with Crippen molar-refractivity contribution >= 4 is 16.5 Å². The molecule has 1 nitrogen and oxygen atoms in total. The van der Waals surface area contributed by atoms with Crippen molar-refractivity contribution in [3.05, 3.63) is 102 Å². The highest BCUT2D eigenvalue weighted by Crippen LogP contribution is 2.52. The van der Waals surface area contributed by atoms with Gasteiger partial charge in [0.05, 0.1) is 5.54 Å². The molecule has 0 radical (unpaired) electrons. The normalized spacial score (nSPS) is 14.5. The first kappa shape index (κ1) is 18.0. The molecular weight excluding hydrogens is 350 g/mol. The summed E-state index contributed by atoms with van der Waals surface area (Å²) in [5.41, 5.74) is 7.89. The summed E-state index contributed by atoms with van der Waals surface area (Å²) in [5, 5.41) is 6.39. The third-order valence-corrected chi connectivity index (χ3v) is 6.49. The second-order valence-corrected chi connectivity index (χ2v) is 9.21. The molecule has 0 amide bonds. The average molecular weight is 378 g/mol. The molecule has 4 aromatic carbocycles. The smallest absolute Gasteiger partial charge is 0.0569 e. The van der Waals surface area contributed by atoms with Crippen LogP contribution in [0.1, 0.15) is 44.4 Å². The predicted octanol–water partition coefficient (Wildman–Crippen LogP) is 7.49. The maximum absolute atomic E-state index is 3.70. The van der Waals surface area contributed by atoms with Crippen molar-refractivity contribution in [2.24, 2.45) is 0 Å². The van der Waals surface area contributed by atoms with Gasteiger partial charge in [0.25, 0.3) is 0 Å². The van der Waals surface area contributed by atoms with Crippen LogP contribution in [-0.4, -0.2) is 0 Å². The van der Waals surface area contributed by atoms with Crippen LogP contribution < -0.4 is 5.32 Å². The van der Waals surface area contributed by atoms with Gasteiger partial charge in [-0.15, -0.1) is 0 Å². The van der Waals surface area contributed by atoms with Gasteiger partial charge >= 0.3 is 0 Å². The van der Waals surface area contributed by atoms with Crippen molar-refractivity contribution < 1.29 is 0 Å². The molecule has 0 fully saturated rings. The molecule has 1 heteroatoms. The maximum Gasteiger partial charge on any atom is 0.0569 e. The predicted molar refractivity (Wildman–Crippen MR) is 125 cm³/mol. The summed E-state index contributed by atoms with van der Waals surface area (Å²) in [6, 6.07) is 30.8. The number of para-hydroxylation sites is 1. The van der Waals surface area contributed by atoms with Crippen LogP contribution in [0.2, 0.25) is 0 Å². The molecule has 0 atom stereocenters. The van der Waals surface area contributed by atoms with Crippen LogP contribution in [-0.2, 0) is 11.0 Å². The Bertz CT molecular complexity index is 1220. The molecule has 0 spiro atoms. The Morgan fingerprint density at radius 3 is 2.21 bits per heavy atom. The Hall–Kier alpha value is -3.06. The molecule has 29 heavy (non-hydrogen) atoms. The third kappa shape index (κ3) is 2.76. The molecule has 0 bridgehead atoms. The van der Waals surface area contributed by atoms with Gasteiger partial charge in [0.15, 0.2) is 0 Å². The van der Waals surface area contributed by atoms with Crippen LogP contribution in [0.25, 0.3) is 21.9 Å². The zero-order valence-electron chi connectivity index (χ0n) is 17.6. The van der Waals surface area contributed by atoms with E-state index < -0.39 is 0 Å². The number of fused-ring (bicyclic) bond motifs is 5. The zero-order valence-corrected chi connectivity index (χ0v) is 17.6. The van der Waals surface area contributed by atoms with Crippen molar-refractivity contribution in [2.75, 3.05) is 5.32 Å². The van der Waals surface area contributed by atoms with Crippen LogP contribution in [0.3, 0.4) is 0 Å². The minimum Gasteiger partial charge on any atom is -0.376 e. The highest BCUT2D eigenvalue weighted by molar-refractivity contribution is 5.97. The van der Waals surface area contributed by atoms with Gasteiger partial charge in [0.2, 0.25) is 0 Å². The molecular formula is C28H27N. The summed E-state index contributed by atoms with van der Waals surface area (Å²) in [7, 11) is 0. The van der Waals surface area contributed by atoms with Crippen LogP contribution in [0.5, 0.6) is 0 Å². The van der Waals surface area contributed by atoms with E-state index in [1.807, 2.05) is 0 Å². The summed E-state index contributed by atoms with van der Waals surface area (Å²) in [6.07, 6.45) is 0. The molecule has 5 rings (SSSR count). The molecule has 1 N–H and O–H groups in total. The van der Waals surface area contributed by atoms with Crippen molar-refractivity contribution in [3.63, 3.8) is 0 Å². The van der Waals surface area contributed by atoms with E-state index in [1.165, 1.54) is 38.6 Å². The molecule has 1 aliphatic rings. The molecule has 1 aliphatic carbocycles. The van der Waals surface area contributed by atoms with E-state index in [4.69, 9.17) is 0 Å². The second-order valence-electron chi connectivity index (χ2n) is 9.21. The van der Waals surface area contributed by atoms with Crippen LogP contribution in [0.4, 0.5) is 5.69 Å². The second kappa shape index (κ2) is 6.22. The molecule has 4 aromatic rings. The van der Waals surface area contributed by atoms with Gasteiger partial charge in [-0.25, -0.2) is 0 Å². The molecule has 144 valence electrons. The molecule has 0 saturated heterocycles. The average Bonchev–Trinajstić information content (AvgIpc) is 2.95. The van der Waals surface area contributed by atoms with Crippen molar-refractivity contribution in [1.29, 1.82) is 0 Å². The van der Waals surface area contributed by atoms with Gasteiger partial charge in [-0.3, -0.25) is 0 Å². The van der Waals surface area contributed by atoms with Gasteiger partial charge in [-0.2, -0.15) is 0 Å². The molecule has 0 aromatic heterocycles. The minimum absolute atomic E-state index is 0.0234. The quantitative estimate of drug-likeness (QED) is 0.390. The van der Waals surface area contributed by atoms with E-state index in [2.05, 4.69) is 118 Å². The lowest BCUT2D eigenvalue weighted by atomic mass is 9.79. The number of hydrogen-bond acceptors (Lipinski definition) is 1. The topological polar surface area (TPSA) is 12.0 Å². The fraction of sp³-hybridized carbons (Fsp3) is 0.214. The first-order chi connectivity index (χ1) is 13.9. The molecule has 0 heterocycles. The van der Waals surface area contributed by atoms with Gasteiger partial charge < -0.3 is 5.32 Å². The fourth-order valence-electron chi connectivity index (χ4n) is 4.94. The lowest BCUT2D eigenvalue weighted by Gasteiger charge is -2.30. The Balaban J connectivity index is 1.63. The number of hydrogen-bond donors (Lipinski definition) is 1. The van der Waals surface area contributed by atoms with E-state index >= 15 is 0 Å². The number of rotatable bonds is 3. The summed E-state index contributed by atoms with van der Waals surface area (Å²) in [4.78, 5) is 0. The molecule has 0 unspecified atom stereocenters. The largest absolute Gasteiger partial charge is 0.376 e. The first-order valence-electron chi connectivity index (χ1n) is 10.4. The highest BCUT2D eigenvalue weighted by atomic mass is 15.0. The lowest BCUT2D eigenvalue weighted by Crippen LogP contribution is -2.28. The minimum atomic E-state index is -0.163. The first-order valence-corrected chi connectivity index (χ1v) is 10.4. The number of anilines is 1. The van der Waals surface area contributed by atoms with Gasteiger partial charge in [-0.05, 0) is 64.6 Å². The summed E-state index contributed by atoms with van der Waals surface area (Å²) in [6.45, 7) is 9.25. The summed E-state index contributed by atoms with van der Waals surface area (Å²) < 4.78 is 0. The van der Waals surface area contributed by atoms with Gasteiger partial charge in [-0.1, -0.05) is 86.6 Å². The SMILES string of the molecule is CC(C)(Nc1ccccc1)c1ccc2c(c1)C(C)(C)c1c-2ccc2ccccc12.